The number of nitrogens with zero attached hydrogens (tertiary/aromatic N) is 3. The molecule has 2 aromatic heterocycles. The Labute approximate surface area is 132 Å². The Morgan fingerprint density at radius 3 is 2.17 bits per heavy atom. The molecule has 4 nitrogen and oxygen atoms in total. The number of imidazole rings is 1. The monoisotopic (exact) mass is 343 g/mol. The first-order valence-electron chi connectivity index (χ1n) is 6.71. The smallest absolute Gasteiger partial charge is 0.406 e. The molecule has 126 valence electrons. The van der Waals surface area contributed by atoms with E-state index in [4.69, 9.17) is 0 Å². The maximum absolute atomic E-state index is 13.5. The van der Waals surface area contributed by atoms with Gasteiger partial charge in [-0.25, -0.2) is 9.97 Å². The summed E-state index contributed by atoms with van der Waals surface area (Å²) in [6.45, 7) is 0.720. The van der Waals surface area contributed by atoms with Crippen LogP contribution in [0.5, 0.6) is 5.75 Å². The van der Waals surface area contributed by atoms with Crippen molar-refractivity contribution in [2.24, 2.45) is 0 Å². The fourth-order valence-corrected chi connectivity index (χ4v) is 2.21. The van der Waals surface area contributed by atoms with Crippen molar-refractivity contribution in [1.82, 2.24) is 14.4 Å². The molecule has 3 rings (SSSR count). The van der Waals surface area contributed by atoms with Crippen LogP contribution in [0.2, 0.25) is 0 Å². The SMILES string of the molecule is CC(F)(F)c1ncc2ncc(-c3ccc(OC(F)(F)F)cc3)cn12. The van der Waals surface area contributed by atoms with Crippen LogP contribution in [0.25, 0.3) is 16.8 Å². The number of benzene rings is 1. The van der Waals surface area contributed by atoms with E-state index in [9.17, 15) is 22.0 Å². The number of hydrogen-bond acceptors (Lipinski definition) is 3. The molecule has 9 heteroatoms. The van der Waals surface area contributed by atoms with E-state index in [1.54, 1.807) is 0 Å². The van der Waals surface area contributed by atoms with Crippen molar-refractivity contribution in [3.05, 3.63) is 48.7 Å². The van der Waals surface area contributed by atoms with Crippen LogP contribution in [-0.4, -0.2) is 20.7 Å². The Balaban J connectivity index is 1.97. The van der Waals surface area contributed by atoms with Gasteiger partial charge < -0.3 is 4.74 Å². The van der Waals surface area contributed by atoms with Gasteiger partial charge in [-0.2, -0.15) is 8.78 Å². The average molecular weight is 343 g/mol. The van der Waals surface area contributed by atoms with Crippen LogP contribution in [0.1, 0.15) is 12.7 Å². The zero-order valence-corrected chi connectivity index (χ0v) is 12.2. The maximum atomic E-state index is 13.5. The van der Waals surface area contributed by atoms with Crippen LogP contribution >= 0.6 is 0 Å². The fourth-order valence-electron chi connectivity index (χ4n) is 2.21. The number of aromatic nitrogens is 3. The molecule has 0 radical (unpaired) electrons. The summed E-state index contributed by atoms with van der Waals surface area (Å²) in [6, 6.07) is 5.03. The predicted molar refractivity (Wildman–Crippen MR) is 74.7 cm³/mol. The summed E-state index contributed by atoms with van der Waals surface area (Å²) >= 11 is 0. The van der Waals surface area contributed by atoms with E-state index in [1.165, 1.54) is 30.7 Å². The lowest BCUT2D eigenvalue weighted by molar-refractivity contribution is -0.274. The molecule has 24 heavy (non-hydrogen) atoms. The standard InChI is InChI=1S/C15H10F5N3O/c1-14(16,17)13-22-7-12-21-6-10(8-23(12)13)9-2-4-11(5-3-9)24-15(18,19)20/h2-8H,1H3. The predicted octanol–water partition coefficient (Wildman–Crippen LogP) is 4.41. The molecule has 0 aliphatic rings. The molecule has 0 bridgehead atoms. The van der Waals surface area contributed by atoms with Crippen LogP contribution < -0.4 is 4.74 Å². The zero-order valence-electron chi connectivity index (χ0n) is 12.2. The summed E-state index contributed by atoms with van der Waals surface area (Å²) in [5.41, 5.74) is 1.19. The summed E-state index contributed by atoms with van der Waals surface area (Å²) in [5, 5.41) is 0. The summed E-state index contributed by atoms with van der Waals surface area (Å²) in [4.78, 5) is 7.69. The van der Waals surface area contributed by atoms with Gasteiger partial charge in [0.2, 0.25) is 0 Å². The Kier molecular flexibility index (Phi) is 3.66. The van der Waals surface area contributed by atoms with Gasteiger partial charge in [-0.15, -0.1) is 13.2 Å². The fraction of sp³-hybridized carbons (Fsp3) is 0.200. The van der Waals surface area contributed by atoms with E-state index in [2.05, 4.69) is 14.7 Å². The number of ether oxygens (including phenoxy) is 1. The van der Waals surface area contributed by atoms with Crippen LogP contribution in [-0.2, 0) is 5.92 Å². The second-order valence-electron chi connectivity index (χ2n) is 5.11. The van der Waals surface area contributed by atoms with Gasteiger partial charge in [0.25, 0.3) is 0 Å². The first kappa shape index (κ1) is 16.2. The molecule has 1 aromatic carbocycles. The van der Waals surface area contributed by atoms with E-state index in [1.807, 2.05) is 0 Å². The van der Waals surface area contributed by atoms with Gasteiger partial charge in [-0.3, -0.25) is 4.40 Å². The van der Waals surface area contributed by atoms with Crippen molar-refractivity contribution >= 4 is 5.65 Å². The van der Waals surface area contributed by atoms with Crippen molar-refractivity contribution in [3.8, 4) is 16.9 Å². The van der Waals surface area contributed by atoms with E-state index in [-0.39, 0.29) is 11.4 Å². The molecule has 0 unspecified atom stereocenters. The lowest BCUT2D eigenvalue weighted by Crippen LogP contribution is -2.16. The molecule has 0 saturated carbocycles. The highest BCUT2D eigenvalue weighted by molar-refractivity contribution is 5.64. The normalized spacial score (nSPS) is 12.6. The number of hydrogen-bond donors (Lipinski definition) is 0. The Morgan fingerprint density at radius 1 is 0.917 bits per heavy atom. The van der Waals surface area contributed by atoms with E-state index < -0.39 is 18.1 Å². The Morgan fingerprint density at radius 2 is 1.58 bits per heavy atom. The summed E-state index contributed by atoms with van der Waals surface area (Å²) in [5.74, 6) is -4.00. The van der Waals surface area contributed by atoms with Crippen molar-refractivity contribution in [2.45, 2.75) is 19.2 Å². The lowest BCUT2D eigenvalue weighted by atomic mass is 10.1. The minimum Gasteiger partial charge on any atom is -0.406 e. The van der Waals surface area contributed by atoms with Gasteiger partial charge >= 0.3 is 12.3 Å². The first-order valence-corrected chi connectivity index (χ1v) is 6.71. The molecule has 0 aliphatic carbocycles. The van der Waals surface area contributed by atoms with Gasteiger partial charge in [-0.05, 0) is 17.7 Å². The summed E-state index contributed by atoms with van der Waals surface area (Å²) in [6.07, 6.45) is -0.729. The third kappa shape index (κ3) is 3.29. The summed E-state index contributed by atoms with van der Waals surface area (Å²) in [7, 11) is 0. The van der Waals surface area contributed by atoms with E-state index in [0.29, 0.717) is 11.1 Å². The van der Waals surface area contributed by atoms with Crippen LogP contribution in [0.4, 0.5) is 22.0 Å². The molecule has 0 saturated heterocycles. The van der Waals surface area contributed by atoms with E-state index >= 15 is 0 Å². The molecule has 0 aliphatic heterocycles. The molecule has 0 fully saturated rings. The minimum atomic E-state index is -4.78. The number of alkyl halides is 5. The first-order chi connectivity index (χ1) is 11.1. The molecular formula is C15H10F5N3O. The minimum absolute atomic E-state index is 0.243. The number of rotatable bonds is 3. The Bertz CT molecular complexity index is 865. The lowest BCUT2D eigenvalue weighted by Gasteiger charge is -2.11. The van der Waals surface area contributed by atoms with Gasteiger partial charge in [0, 0.05) is 24.9 Å². The van der Waals surface area contributed by atoms with Crippen molar-refractivity contribution in [3.63, 3.8) is 0 Å². The van der Waals surface area contributed by atoms with Crippen molar-refractivity contribution in [2.75, 3.05) is 0 Å². The molecule has 0 atom stereocenters. The third-order valence-electron chi connectivity index (χ3n) is 3.20. The molecular weight excluding hydrogens is 333 g/mol. The highest BCUT2D eigenvalue weighted by Gasteiger charge is 2.31. The third-order valence-corrected chi connectivity index (χ3v) is 3.20. The maximum Gasteiger partial charge on any atom is 0.573 e. The number of fused-ring (bicyclic) bond motifs is 1. The van der Waals surface area contributed by atoms with Gasteiger partial charge in [-0.1, -0.05) is 12.1 Å². The topological polar surface area (TPSA) is 39.4 Å². The molecule has 0 amide bonds. The molecule has 2 heterocycles. The van der Waals surface area contributed by atoms with Crippen molar-refractivity contribution in [1.29, 1.82) is 0 Å². The highest BCUT2D eigenvalue weighted by Crippen LogP contribution is 2.29. The van der Waals surface area contributed by atoms with Crippen LogP contribution in [0, 0.1) is 0 Å². The van der Waals surface area contributed by atoms with Gasteiger partial charge in [0.1, 0.15) is 5.75 Å². The molecule has 3 aromatic rings. The Hall–Kier alpha value is -2.71. The van der Waals surface area contributed by atoms with E-state index in [0.717, 1.165) is 23.5 Å². The molecule has 0 N–H and O–H groups in total. The van der Waals surface area contributed by atoms with Crippen LogP contribution in [0.15, 0.2) is 42.9 Å². The second-order valence-corrected chi connectivity index (χ2v) is 5.11. The van der Waals surface area contributed by atoms with Crippen LogP contribution in [0.3, 0.4) is 0 Å². The van der Waals surface area contributed by atoms with Gasteiger partial charge in [0.15, 0.2) is 11.5 Å². The number of halogens is 5. The average Bonchev–Trinajstić information content (AvgIpc) is 2.89. The summed E-state index contributed by atoms with van der Waals surface area (Å²) < 4.78 is 68.4. The van der Waals surface area contributed by atoms with Gasteiger partial charge in [0.05, 0.1) is 6.20 Å². The largest absolute Gasteiger partial charge is 0.573 e. The molecule has 0 spiro atoms. The quantitative estimate of drug-likeness (QED) is 0.662. The second kappa shape index (κ2) is 5.43. The highest BCUT2D eigenvalue weighted by atomic mass is 19.4. The van der Waals surface area contributed by atoms with Crippen molar-refractivity contribution < 1.29 is 26.7 Å². The zero-order chi connectivity index (χ0) is 17.5.